The first-order chi connectivity index (χ1) is 11.2. The Kier molecular flexibility index (Phi) is 6.37. The molecule has 0 aromatic heterocycles. The molecule has 1 aromatic rings. The first-order valence-corrected chi connectivity index (χ1v) is 7.91. The molecule has 5 heteroatoms. The van der Waals surface area contributed by atoms with Crippen LogP contribution < -0.4 is 10.6 Å². The average molecular weight is 311 g/mol. The summed E-state index contributed by atoms with van der Waals surface area (Å²) < 4.78 is 0. The average Bonchev–Trinajstić information content (AvgIpc) is 2.55. The van der Waals surface area contributed by atoms with Gasteiger partial charge in [-0.3, -0.25) is 9.59 Å². The normalized spacial score (nSPS) is 13.8. The van der Waals surface area contributed by atoms with Gasteiger partial charge in [0, 0.05) is 18.3 Å². The fraction of sp³-hybridized carbons (Fsp3) is 0.389. The molecular formula is C18H21N3O2. The second-order valence-corrected chi connectivity index (χ2v) is 5.62. The molecule has 120 valence electrons. The Bertz CT molecular complexity index is 636. The van der Waals surface area contributed by atoms with Crippen LogP contribution in [0.1, 0.15) is 44.1 Å². The van der Waals surface area contributed by atoms with E-state index in [-0.39, 0.29) is 18.2 Å². The van der Waals surface area contributed by atoms with Gasteiger partial charge in [-0.1, -0.05) is 30.2 Å². The third-order valence-corrected chi connectivity index (χ3v) is 3.82. The van der Waals surface area contributed by atoms with Gasteiger partial charge in [0.1, 0.15) is 6.42 Å². The van der Waals surface area contributed by atoms with Gasteiger partial charge in [0.05, 0.1) is 6.07 Å². The predicted molar refractivity (Wildman–Crippen MR) is 88.3 cm³/mol. The van der Waals surface area contributed by atoms with Crippen molar-refractivity contribution in [3.8, 4) is 6.07 Å². The van der Waals surface area contributed by atoms with Crippen molar-refractivity contribution >= 4 is 17.5 Å². The Labute approximate surface area is 136 Å². The van der Waals surface area contributed by atoms with Crippen molar-refractivity contribution in [2.24, 2.45) is 0 Å². The number of hydrogen-bond acceptors (Lipinski definition) is 3. The molecule has 1 aliphatic carbocycles. The van der Waals surface area contributed by atoms with Gasteiger partial charge in [0.25, 0.3) is 0 Å². The molecule has 1 aromatic carbocycles. The Balaban J connectivity index is 1.93. The number of hydrogen-bond donors (Lipinski definition) is 2. The highest BCUT2D eigenvalue weighted by Gasteiger charge is 2.09. The Hall–Kier alpha value is -2.61. The molecule has 2 amide bonds. The first kappa shape index (κ1) is 16.8. The molecular weight excluding hydrogens is 290 g/mol. The van der Waals surface area contributed by atoms with E-state index in [0.29, 0.717) is 12.2 Å². The fourth-order valence-corrected chi connectivity index (χ4v) is 2.63. The fourth-order valence-electron chi connectivity index (χ4n) is 2.63. The van der Waals surface area contributed by atoms with Gasteiger partial charge in [0.15, 0.2) is 0 Å². The number of benzene rings is 1. The molecule has 23 heavy (non-hydrogen) atoms. The van der Waals surface area contributed by atoms with Crippen molar-refractivity contribution in [3.05, 3.63) is 41.5 Å². The van der Waals surface area contributed by atoms with Gasteiger partial charge in [-0.05, 0) is 37.3 Å². The molecule has 0 radical (unpaired) electrons. The van der Waals surface area contributed by atoms with Crippen LogP contribution in [0.5, 0.6) is 0 Å². The highest BCUT2D eigenvalue weighted by molar-refractivity contribution is 5.93. The standard InChI is InChI=1S/C18H21N3O2/c19-11-10-17(22)21-16-9-5-4-8-15(16)13-20-18(23)12-14-6-2-1-3-7-14/h4-5,8-9,12H,1-3,6-7,10,13H2,(H,20,23)(H,21,22). The van der Waals surface area contributed by atoms with E-state index in [0.717, 1.165) is 31.2 Å². The lowest BCUT2D eigenvalue weighted by Gasteiger charge is -2.14. The summed E-state index contributed by atoms with van der Waals surface area (Å²) in [4.78, 5) is 23.5. The summed E-state index contributed by atoms with van der Waals surface area (Å²) in [5, 5.41) is 14.1. The van der Waals surface area contributed by atoms with Crippen molar-refractivity contribution in [2.75, 3.05) is 5.32 Å². The maximum atomic E-state index is 12.0. The molecule has 1 fully saturated rings. The minimum atomic E-state index is -0.351. The van der Waals surface area contributed by atoms with Crippen LogP contribution in [-0.2, 0) is 16.1 Å². The van der Waals surface area contributed by atoms with Gasteiger partial charge < -0.3 is 10.6 Å². The molecule has 0 bridgehead atoms. The van der Waals surface area contributed by atoms with Crippen LogP contribution in [0, 0.1) is 11.3 Å². The number of nitrogens with zero attached hydrogens (tertiary/aromatic N) is 1. The number of allylic oxidation sites excluding steroid dienone is 1. The lowest BCUT2D eigenvalue weighted by Crippen LogP contribution is -2.22. The number of nitriles is 1. The molecule has 1 aliphatic rings. The van der Waals surface area contributed by atoms with E-state index in [9.17, 15) is 9.59 Å². The number of amides is 2. The summed E-state index contributed by atoms with van der Waals surface area (Å²) in [6.07, 6.45) is 7.10. The van der Waals surface area contributed by atoms with E-state index in [1.807, 2.05) is 18.2 Å². The smallest absolute Gasteiger partial charge is 0.244 e. The molecule has 0 heterocycles. The number of carbonyl (C=O) groups excluding carboxylic acids is 2. The van der Waals surface area contributed by atoms with E-state index in [1.165, 1.54) is 12.0 Å². The van der Waals surface area contributed by atoms with Crippen molar-refractivity contribution in [1.29, 1.82) is 5.26 Å². The van der Waals surface area contributed by atoms with Crippen molar-refractivity contribution in [2.45, 2.75) is 45.1 Å². The van der Waals surface area contributed by atoms with Gasteiger partial charge in [-0.25, -0.2) is 0 Å². The highest BCUT2D eigenvalue weighted by atomic mass is 16.2. The minimum Gasteiger partial charge on any atom is -0.348 e. The molecule has 0 spiro atoms. The summed E-state index contributed by atoms with van der Waals surface area (Å²) in [7, 11) is 0. The molecule has 2 N–H and O–H groups in total. The zero-order valence-electron chi connectivity index (χ0n) is 13.1. The number of anilines is 1. The molecule has 0 aliphatic heterocycles. The Morgan fingerprint density at radius 2 is 1.91 bits per heavy atom. The maximum absolute atomic E-state index is 12.0. The highest BCUT2D eigenvalue weighted by Crippen LogP contribution is 2.22. The number of para-hydroxylation sites is 1. The van der Waals surface area contributed by atoms with E-state index in [4.69, 9.17) is 5.26 Å². The van der Waals surface area contributed by atoms with Gasteiger partial charge in [-0.2, -0.15) is 5.26 Å². The molecule has 1 saturated carbocycles. The zero-order valence-corrected chi connectivity index (χ0v) is 13.1. The van der Waals surface area contributed by atoms with Crippen LogP contribution in [0.2, 0.25) is 0 Å². The van der Waals surface area contributed by atoms with Gasteiger partial charge in [-0.15, -0.1) is 0 Å². The quantitative estimate of drug-likeness (QED) is 0.820. The molecule has 0 unspecified atom stereocenters. The minimum absolute atomic E-state index is 0.0972. The molecule has 2 rings (SSSR count). The second-order valence-electron chi connectivity index (χ2n) is 5.62. The van der Waals surface area contributed by atoms with Crippen molar-refractivity contribution in [1.82, 2.24) is 5.32 Å². The van der Waals surface area contributed by atoms with E-state index in [2.05, 4.69) is 10.6 Å². The van der Waals surface area contributed by atoms with Crippen LogP contribution >= 0.6 is 0 Å². The molecule has 5 nitrogen and oxygen atoms in total. The molecule has 0 atom stereocenters. The SMILES string of the molecule is N#CCC(=O)Nc1ccccc1CNC(=O)C=C1CCCCC1. The Morgan fingerprint density at radius 3 is 2.65 bits per heavy atom. The number of carbonyl (C=O) groups is 2. The number of rotatable bonds is 5. The maximum Gasteiger partial charge on any atom is 0.244 e. The van der Waals surface area contributed by atoms with E-state index >= 15 is 0 Å². The lowest BCUT2D eigenvalue weighted by molar-refractivity contribution is -0.117. The topological polar surface area (TPSA) is 82.0 Å². The van der Waals surface area contributed by atoms with E-state index < -0.39 is 0 Å². The van der Waals surface area contributed by atoms with Gasteiger partial charge in [0.2, 0.25) is 11.8 Å². The van der Waals surface area contributed by atoms with Crippen molar-refractivity contribution in [3.63, 3.8) is 0 Å². The molecule has 0 saturated heterocycles. The zero-order chi connectivity index (χ0) is 16.5. The third kappa shape index (κ3) is 5.59. The van der Waals surface area contributed by atoms with Gasteiger partial charge >= 0.3 is 0 Å². The summed E-state index contributed by atoms with van der Waals surface area (Å²) in [6.45, 7) is 0.339. The van der Waals surface area contributed by atoms with Crippen LogP contribution in [0.15, 0.2) is 35.9 Å². The Morgan fingerprint density at radius 1 is 1.17 bits per heavy atom. The summed E-state index contributed by atoms with van der Waals surface area (Å²) in [5.41, 5.74) is 2.65. The summed E-state index contributed by atoms with van der Waals surface area (Å²) in [6, 6.07) is 9.07. The largest absolute Gasteiger partial charge is 0.348 e. The third-order valence-electron chi connectivity index (χ3n) is 3.82. The van der Waals surface area contributed by atoms with Crippen molar-refractivity contribution < 1.29 is 9.59 Å². The van der Waals surface area contributed by atoms with E-state index in [1.54, 1.807) is 18.2 Å². The first-order valence-electron chi connectivity index (χ1n) is 7.91. The summed E-state index contributed by atoms with van der Waals surface area (Å²) >= 11 is 0. The van der Waals surface area contributed by atoms with Crippen LogP contribution in [-0.4, -0.2) is 11.8 Å². The van der Waals surface area contributed by atoms with Crippen LogP contribution in [0.3, 0.4) is 0 Å². The summed E-state index contributed by atoms with van der Waals surface area (Å²) in [5.74, 6) is -0.448. The lowest BCUT2D eigenvalue weighted by atomic mass is 9.94. The predicted octanol–water partition coefficient (Wildman–Crippen LogP) is 3.05. The second kappa shape index (κ2) is 8.74. The number of nitrogens with one attached hydrogen (secondary N) is 2. The van der Waals surface area contributed by atoms with Crippen LogP contribution in [0.25, 0.3) is 0 Å². The van der Waals surface area contributed by atoms with Crippen LogP contribution in [0.4, 0.5) is 5.69 Å². The monoisotopic (exact) mass is 311 g/mol.